The van der Waals surface area contributed by atoms with Crippen LogP contribution in [-0.2, 0) is 9.53 Å². The molecule has 1 saturated heterocycles. The van der Waals surface area contributed by atoms with E-state index in [0.29, 0.717) is 36.8 Å². The first kappa shape index (κ1) is 16.2. The molecule has 1 aliphatic rings. The van der Waals surface area contributed by atoms with Gasteiger partial charge >= 0.3 is 0 Å². The van der Waals surface area contributed by atoms with Crippen molar-refractivity contribution in [3.05, 3.63) is 28.8 Å². The molecular weight excluding hydrogens is 287 g/mol. The Morgan fingerprint density at radius 3 is 2.68 bits per heavy atom. The van der Waals surface area contributed by atoms with E-state index in [-0.39, 0.29) is 18.3 Å². The maximum atomic E-state index is 12.2. The summed E-state index contributed by atoms with van der Waals surface area (Å²) in [6.45, 7) is 2.92. The second-order valence-electron chi connectivity index (χ2n) is 4.64. The van der Waals surface area contributed by atoms with Crippen molar-refractivity contribution in [1.82, 2.24) is 0 Å². The minimum Gasteiger partial charge on any atom is -0.381 e. The molecule has 6 heteroatoms. The molecule has 2 rings (SSSR count). The summed E-state index contributed by atoms with van der Waals surface area (Å²) in [5.41, 5.74) is 6.84. The van der Waals surface area contributed by atoms with Gasteiger partial charge in [-0.3, -0.25) is 4.79 Å². The molecule has 0 atom stereocenters. The summed E-state index contributed by atoms with van der Waals surface area (Å²) in [5, 5.41) is 3.49. The lowest BCUT2D eigenvalue weighted by molar-refractivity contribution is -0.124. The summed E-state index contributed by atoms with van der Waals surface area (Å²) < 4.78 is 5.23. The first-order valence-electron chi connectivity index (χ1n) is 5.96. The lowest BCUT2D eigenvalue weighted by atomic mass is 9.90. The molecule has 0 aromatic heterocycles. The number of ether oxygens (including phenoxy) is 1. The summed E-state index contributed by atoms with van der Waals surface area (Å²) in [6, 6.07) is 5.42. The van der Waals surface area contributed by atoms with E-state index < -0.39 is 5.54 Å². The Labute approximate surface area is 124 Å². The second kappa shape index (κ2) is 6.57. The number of nitrogens with one attached hydrogen (secondary N) is 1. The van der Waals surface area contributed by atoms with E-state index in [0.717, 1.165) is 5.56 Å². The highest BCUT2D eigenvalue weighted by molar-refractivity contribution is 6.31. The van der Waals surface area contributed by atoms with Gasteiger partial charge in [0.25, 0.3) is 0 Å². The molecule has 0 radical (unpaired) electrons. The molecule has 1 heterocycles. The first-order chi connectivity index (χ1) is 8.53. The number of benzene rings is 1. The highest BCUT2D eigenvalue weighted by atomic mass is 35.5. The standard InChI is InChI=1S/C13H17ClN2O2.ClH/c1-9-10(14)3-2-4-11(9)16-12(17)13(15)5-7-18-8-6-13;/h2-4H,5-8,15H2,1H3,(H,16,17);1H. The molecule has 0 aliphatic carbocycles. The zero-order valence-electron chi connectivity index (χ0n) is 10.7. The summed E-state index contributed by atoms with van der Waals surface area (Å²) in [4.78, 5) is 12.2. The lowest BCUT2D eigenvalue weighted by Gasteiger charge is -2.32. The lowest BCUT2D eigenvalue weighted by Crippen LogP contribution is -2.54. The zero-order chi connectivity index (χ0) is 13.2. The molecule has 1 aliphatic heterocycles. The van der Waals surface area contributed by atoms with Crippen LogP contribution in [0.25, 0.3) is 0 Å². The molecule has 0 spiro atoms. The number of hydrogen-bond acceptors (Lipinski definition) is 3. The van der Waals surface area contributed by atoms with Gasteiger partial charge in [0.15, 0.2) is 0 Å². The Balaban J connectivity index is 0.00000180. The van der Waals surface area contributed by atoms with Gasteiger partial charge in [-0.1, -0.05) is 17.7 Å². The smallest absolute Gasteiger partial charge is 0.244 e. The Bertz CT molecular complexity index is 460. The predicted octanol–water partition coefficient (Wildman–Crippen LogP) is 2.52. The topological polar surface area (TPSA) is 64.4 Å². The number of halogens is 2. The average Bonchev–Trinajstić information content (AvgIpc) is 2.36. The molecule has 1 amide bonds. The summed E-state index contributed by atoms with van der Waals surface area (Å²) in [7, 11) is 0. The quantitative estimate of drug-likeness (QED) is 0.882. The van der Waals surface area contributed by atoms with Crippen LogP contribution in [0.4, 0.5) is 5.69 Å². The molecule has 1 fully saturated rings. The number of carbonyl (C=O) groups excluding carboxylic acids is 1. The van der Waals surface area contributed by atoms with E-state index in [4.69, 9.17) is 22.1 Å². The van der Waals surface area contributed by atoms with Gasteiger partial charge in [0.2, 0.25) is 5.91 Å². The van der Waals surface area contributed by atoms with E-state index >= 15 is 0 Å². The van der Waals surface area contributed by atoms with Crippen LogP contribution in [0.1, 0.15) is 18.4 Å². The van der Waals surface area contributed by atoms with Crippen molar-refractivity contribution < 1.29 is 9.53 Å². The molecule has 1 aromatic rings. The van der Waals surface area contributed by atoms with Gasteiger partial charge < -0.3 is 15.8 Å². The fourth-order valence-corrected chi connectivity index (χ4v) is 2.13. The molecule has 0 bridgehead atoms. The van der Waals surface area contributed by atoms with E-state index in [2.05, 4.69) is 5.32 Å². The number of nitrogens with two attached hydrogens (primary N) is 1. The third kappa shape index (κ3) is 3.60. The first-order valence-corrected chi connectivity index (χ1v) is 6.34. The molecule has 4 nitrogen and oxygen atoms in total. The monoisotopic (exact) mass is 304 g/mol. The zero-order valence-corrected chi connectivity index (χ0v) is 12.3. The van der Waals surface area contributed by atoms with Crippen molar-refractivity contribution in [2.45, 2.75) is 25.3 Å². The van der Waals surface area contributed by atoms with Gasteiger partial charge in [-0.15, -0.1) is 12.4 Å². The van der Waals surface area contributed by atoms with Crippen LogP contribution in [0.15, 0.2) is 18.2 Å². The van der Waals surface area contributed by atoms with Crippen molar-refractivity contribution in [3.63, 3.8) is 0 Å². The fraction of sp³-hybridized carbons (Fsp3) is 0.462. The number of rotatable bonds is 2. The Morgan fingerprint density at radius 1 is 1.42 bits per heavy atom. The highest BCUT2D eigenvalue weighted by Gasteiger charge is 2.36. The van der Waals surface area contributed by atoms with Gasteiger partial charge in [0, 0.05) is 23.9 Å². The highest BCUT2D eigenvalue weighted by Crippen LogP contribution is 2.25. The molecule has 3 N–H and O–H groups in total. The van der Waals surface area contributed by atoms with Crippen molar-refractivity contribution in [1.29, 1.82) is 0 Å². The minimum absolute atomic E-state index is 0. The molecular formula is C13H18Cl2N2O2. The van der Waals surface area contributed by atoms with Crippen molar-refractivity contribution in [2.75, 3.05) is 18.5 Å². The van der Waals surface area contributed by atoms with Crippen LogP contribution in [-0.4, -0.2) is 24.7 Å². The van der Waals surface area contributed by atoms with Gasteiger partial charge in [-0.2, -0.15) is 0 Å². The number of hydrogen-bond donors (Lipinski definition) is 2. The largest absolute Gasteiger partial charge is 0.381 e. The Hall–Kier alpha value is -0.810. The van der Waals surface area contributed by atoms with E-state index in [1.165, 1.54) is 0 Å². The fourth-order valence-electron chi connectivity index (χ4n) is 1.95. The minimum atomic E-state index is -0.840. The summed E-state index contributed by atoms with van der Waals surface area (Å²) in [5.74, 6) is -0.170. The maximum Gasteiger partial charge on any atom is 0.244 e. The summed E-state index contributed by atoms with van der Waals surface area (Å²) in [6.07, 6.45) is 1.08. The number of anilines is 1. The Morgan fingerprint density at radius 2 is 2.05 bits per heavy atom. The van der Waals surface area contributed by atoms with Crippen LogP contribution in [0.2, 0.25) is 5.02 Å². The van der Waals surface area contributed by atoms with Crippen LogP contribution in [0.3, 0.4) is 0 Å². The third-order valence-corrected chi connectivity index (χ3v) is 3.76. The third-order valence-electron chi connectivity index (χ3n) is 3.35. The van der Waals surface area contributed by atoms with Crippen molar-refractivity contribution in [3.8, 4) is 0 Å². The van der Waals surface area contributed by atoms with E-state index in [9.17, 15) is 4.79 Å². The van der Waals surface area contributed by atoms with E-state index in [1.54, 1.807) is 12.1 Å². The van der Waals surface area contributed by atoms with Gasteiger partial charge in [0.1, 0.15) is 5.54 Å². The normalized spacial score (nSPS) is 17.4. The Kier molecular flexibility index (Phi) is 5.62. The molecule has 19 heavy (non-hydrogen) atoms. The van der Waals surface area contributed by atoms with Gasteiger partial charge in [0.05, 0.1) is 0 Å². The van der Waals surface area contributed by atoms with Crippen molar-refractivity contribution >= 4 is 35.6 Å². The van der Waals surface area contributed by atoms with Gasteiger partial charge in [-0.25, -0.2) is 0 Å². The average molecular weight is 305 g/mol. The van der Waals surface area contributed by atoms with Gasteiger partial charge in [-0.05, 0) is 37.5 Å². The second-order valence-corrected chi connectivity index (χ2v) is 5.04. The molecule has 0 saturated carbocycles. The van der Waals surface area contributed by atoms with Crippen LogP contribution < -0.4 is 11.1 Å². The summed E-state index contributed by atoms with van der Waals surface area (Å²) >= 11 is 6.02. The number of amides is 1. The molecule has 1 aromatic carbocycles. The molecule has 106 valence electrons. The predicted molar refractivity (Wildman–Crippen MR) is 79.0 cm³/mol. The van der Waals surface area contributed by atoms with Crippen LogP contribution in [0.5, 0.6) is 0 Å². The van der Waals surface area contributed by atoms with Crippen molar-refractivity contribution in [2.24, 2.45) is 5.73 Å². The van der Waals surface area contributed by atoms with E-state index in [1.807, 2.05) is 13.0 Å². The number of carbonyl (C=O) groups is 1. The maximum absolute atomic E-state index is 12.2. The SMILES string of the molecule is Cc1c(Cl)cccc1NC(=O)C1(N)CCOCC1.Cl. The van der Waals surface area contributed by atoms with Crippen LogP contribution >= 0.6 is 24.0 Å². The van der Waals surface area contributed by atoms with Crippen LogP contribution in [0, 0.1) is 6.92 Å². The molecule has 0 unspecified atom stereocenters.